The van der Waals surface area contributed by atoms with Gasteiger partial charge in [0.2, 0.25) is 0 Å². The molecule has 0 nitrogen and oxygen atoms in total. The van der Waals surface area contributed by atoms with Crippen LogP contribution in [0.5, 0.6) is 0 Å². The maximum absolute atomic E-state index is 3.97. The fraction of sp³-hybridized carbons (Fsp3) is 0.100. The summed E-state index contributed by atoms with van der Waals surface area (Å²) in [5, 5.41) is 0. The van der Waals surface area contributed by atoms with Crippen LogP contribution in [0.25, 0.3) is 0 Å². The van der Waals surface area contributed by atoms with Crippen LogP contribution in [-0.4, -0.2) is 0 Å². The first kappa shape index (κ1) is 17.7. The molecule has 0 aromatic rings. The van der Waals surface area contributed by atoms with E-state index in [1.807, 2.05) is 50.3 Å². The van der Waals surface area contributed by atoms with Crippen molar-refractivity contribution in [3.8, 4) is 0 Å². The zero-order valence-corrected chi connectivity index (χ0v) is 12.7. The second kappa shape index (κ2) is 8.71. The Labute approximate surface area is 123 Å². The first-order valence-corrected chi connectivity index (χ1v) is 6.35. The minimum Gasteiger partial charge on any atom is -0.0961 e. The van der Waals surface area contributed by atoms with E-state index in [0.29, 0.717) is 0 Å². The summed E-state index contributed by atoms with van der Waals surface area (Å²) in [4.78, 5) is 0. The molecule has 0 aliphatic rings. The summed E-state index contributed by atoms with van der Waals surface area (Å²) >= 11 is 0. The molecule has 0 aromatic heterocycles. The van der Waals surface area contributed by atoms with Crippen LogP contribution in [0.15, 0.2) is 109 Å². The fourth-order valence-electron chi connectivity index (χ4n) is 1.12. The summed E-state index contributed by atoms with van der Waals surface area (Å²) in [6.07, 6.45) is 11.4. The van der Waals surface area contributed by atoms with Crippen molar-refractivity contribution in [2.24, 2.45) is 0 Å². The van der Waals surface area contributed by atoms with Gasteiger partial charge in [0, 0.05) is 0 Å². The van der Waals surface area contributed by atoms with Gasteiger partial charge in [-0.2, -0.15) is 0 Å². The smallest absolute Gasteiger partial charge is 0.0262 e. The largest absolute Gasteiger partial charge is 0.0961 e. The van der Waals surface area contributed by atoms with Gasteiger partial charge in [-0.05, 0) is 36.1 Å². The molecule has 0 radical (unpaired) electrons. The molecule has 0 amide bonds. The van der Waals surface area contributed by atoms with E-state index in [1.165, 1.54) is 0 Å². The normalized spacial score (nSPS) is 11.1. The second-order valence-electron chi connectivity index (χ2n) is 4.79. The molecule has 0 unspecified atom stereocenters. The van der Waals surface area contributed by atoms with Crippen molar-refractivity contribution in [2.75, 3.05) is 0 Å². The van der Waals surface area contributed by atoms with E-state index in [-0.39, 0.29) is 0 Å². The summed E-state index contributed by atoms with van der Waals surface area (Å²) in [6, 6.07) is 0. The van der Waals surface area contributed by atoms with Crippen molar-refractivity contribution in [3.05, 3.63) is 109 Å². The lowest BCUT2D eigenvalue weighted by Gasteiger charge is -2.02. The lowest BCUT2D eigenvalue weighted by atomic mass is 10.0. The van der Waals surface area contributed by atoms with Gasteiger partial charge >= 0.3 is 0 Å². The summed E-state index contributed by atoms with van der Waals surface area (Å²) in [5.41, 5.74) is 5.32. The summed E-state index contributed by atoms with van der Waals surface area (Å²) in [5.74, 6) is 0. The summed E-state index contributed by atoms with van der Waals surface area (Å²) < 4.78 is 0. The first-order chi connectivity index (χ1) is 9.23. The van der Waals surface area contributed by atoms with E-state index in [1.54, 1.807) is 0 Å². The Balaban J connectivity index is 4.63. The monoisotopic (exact) mass is 264 g/mol. The lowest BCUT2D eigenvalue weighted by Crippen LogP contribution is -1.82. The maximum atomic E-state index is 3.97. The van der Waals surface area contributed by atoms with Gasteiger partial charge < -0.3 is 0 Å². The Morgan fingerprint density at radius 2 is 0.650 bits per heavy atom. The molecule has 104 valence electrons. The minimum atomic E-state index is 0.834. The van der Waals surface area contributed by atoms with E-state index in [2.05, 4.69) is 39.5 Å². The van der Waals surface area contributed by atoms with Gasteiger partial charge in [-0.1, -0.05) is 87.1 Å². The van der Waals surface area contributed by atoms with Crippen LogP contribution in [0, 0.1) is 0 Å². The Bertz CT molecular complexity index is 493. The van der Waals surface area contributed by atoms with Crippen LogP contribution in [0.2, 0.25) is 0 Å². The van der Waals surface area contributed by atoms with Crippen molar-refractivity contribution in [2.45, 2.75) is 13.8 Å². The van der Waals surface area contributed by atoms with Gasteiger partial charge in [0.25, 0.3) is 0 Å². The Morgan fingerprint density at radius 3 is 0.850 bits per heavy atom. The predicted molar refractivity (Wildman–Crippen MR) is 93.6 cm³/mol. The van der Waals surface area contributed by atoms with Gasteiger partial charge in [0.15, 0.2) is 0 Å². The Morgan fingerprint density at radius 1 is 0.450 bits per heavy atom. The number of allylic oxidation sites excluding steroid dienone is 12. The molecule has 0 saturated heterocycles. The Hall–Kier alpha value is -2.34. The molecule has 0 saturated carbocycles. The third-order valence-electron chi connectivity index (χ3n) is 2.45. The molecular weight excluding hydrogens is 240 g/mol. The van der Waals surface area contributed by atoms with Crippen molar-refractivity contribution in [1.82, 2.24) is 0 Å². The number of hydrogen-bond donors (Lipinski definition) is 0. The van der Waals surface area contributed by atoms with Crippen molar-refractivity contribution >= 4 is 0 Å². The molecule has 0 aromatic carbocycles. The van der Waals surface area contributed by atoms with Crippen LogP contribution in [0.3, 0.4) is 0 Å². The van der Waals surface area contributed by atoms with Crippen LogP contribution >= 0.6 is 0 Å². The average molecular weight is 264 g/mol. The van der Waals surface area contributed by atoms with E-state index in [0.717, 1.165) is 33.4 Å². The molecular formula is C20H24. The Kier molecular flexibility index (Phi) is 7.69. The predicted octanol–water partition coefficient (Wildman–Crippen LogP) is 6.03. The first-order valence-electron chi connectivity index (χ1n) is 6.35. The minimum absolute atomic E-state index is 0.834. The maximum Gasteiger partial charge on any atom is -0.0262 e. The zero-order valence-electron chi connectivity index (χ0n) is 12.7. The highest BCUT2D eigenvalue weighted by Crippen LogP contribution is 2.14. The lowest BCUT2D eigenvalue weighted by molar-refractivity contribution is 1.50. The van der Waals surface area contributed by atoms with Gasteiger partial charge in [0.1, 0.15) is 0 Å². The van der Waals surface area contributed by atoms with E-state index in [9.17, 15) is 0 Å². The van der Waals surface area contributed by atoms with Crippen LogP contribution in [0.1, 0.15) is 13.8 Å². The molecule has 0 aliphatic carbocycles. The molecule has 0 aliphatic heterocycles. The average Bonchev–Trinajstić information content (AvgIpc) is 2.38. The van der Waals surface area contributed by atoms with Crippen molar-refractivity contribution in [1.29, 1.82) is 0 Å². The van der Waals surface area contributed by atoms with Crippen LogP contribution < -0.4 is 0 Å². The second-order valence-corrected chi connectivity index (χ2v) is 4.79. The van der Waals surface area contributed by atoms with Gasteiger partial charge in [-0.25, -0.2) is 0 Å². The molecule has 0 heterocycles. The molecule has 0 N–H and O–H groups in total. The van der Waals surface area contributed by atoms with E-state index in [4.69, 9.17) is 0 Å². The highest BCUT2D eigenvalue weighted by Gasteiger charge is 1.94. The molecule has 0 rings (SSSR count). The summed E-state index contributed by atoms with van der Waals surface area (Å²) in [7, 11) is 0. The van der Waals surface area contributed by atoms with Gasteiger partial charge in [-0.3, -0.25) is 0 Å². The highest BCUT2D eigenvalue weighted by atomic mass is 14.0. The van der Waals surface area contributed by atoms with Crippen LogP contribution in [-0.2, 0) is 0 Å². The standard InChI is InChI=1S/C20H24/c1-15(2)9-11-17(5)19(7)13-14-20(8)18(6)12-10-16(3)4/h9-14H,1,3,5-8H2,2,4H3/b11-9-,12-10-,14-13-. The van der Waals surface area contributed by atoms with Gasteiger partial charge in [-0.15, -0.1) is 0 Å². The number of rotatable bonds is 8. The van der Waals surface area contributed by atoms with E-state index < -0.39 is 0 Å². The SMILES string of the molecule is C=C(C)/C=C\C(=C)C(=C)/C=C\C(=C)C(=C)/C=C\C(=C)C. The summed E-state index contributed by atoms with van der Waals surface area (Å²) in [6.45, 7) is 27.3. The fourth-order valence-corrected chi connectivity index (χ4v) is 1.12. The van der Waals surface area contributed by atoms with Crippen molar-refractivity contribution in [3.63, 3.8) is 0 Å². The zero-order chi connectivity index (χ0) is 15.7. The molecule has 0 atom stereocenters. The molecule has 20 heavy (non-hydrogen) atoms. The molecule has 0 bridgehead atoms. The van der Waals surface area contributed by atoms with Crippen LogP contribution in [0.4, 0.5) is 0 Å². The van der Waals surface area contributed by atoms with Gasteiger partial charge in [0.05, 0.1) is 0 Å². The number of hydrogen-bond acceptors (Lipinski definition) is 0. The topological polar surface area (TPSA) is 0 Å². The van der Waals surface area contributed by atoms with E-state index >= 15 is 0 Å². The van der Waals surface area contributed by atoms with Crippen molar-refractivity contribution < 1.29 is 0 Å². The third-order valence-corrected chi connectivity index (χ3v) is 2.45. The third kappa shape index (κ3) is 7.88. The highest BCUT2D eigenvalue weighted by molar-refractivity contribution is 5.49. The molecule has 0 fully saturated rings. The molecule has 0 spiro atoms. The quantitative estimate of drug-likeness (QED) is 0.469. The molecule has 0 heteroatoms.